The van der Waals surface area contributed by atoms with Gasteiger partial charge in [0.05, 0.1) is 15.1 Å². The lowest BCUT2D eigenvalue weighted by molar-refractivity contribution is 0.475. The number of benzene rings is 2. The molecule has 0 aromatic heterocycles. The van der Waals surface area contributed by atoms with Crippen molar-refractivity contribution in [3.8, 4) is 11.5 Å². The average Bonchev–Trinajstić information content (AvgIpc) is 2.49. The molecule has 0 heterocycles. The Balaban J connectivity index is 0.000000390. The van der Waals surface area contributed by atoms with Gasteiger partial charge in [-0.15, -0.1) is 0 Å². The monoisotopic (exact) mass is 502 g/mol. The van der Waals surface area contributed by atoms with Gasteiger partial charge in [-0.3, -0.25) is 0 Å². The van der Waals surface area contributed by atoms with Crippen LogP contribution in [-0.2, 0) is 0 Å². The lowest BCUT2D eigenvalue weighted by atomic mass is 10.3. The first-order valence-electron chi connectivity index (χ1n) is 5.41. The number of aromatic hydroxyl groups is 2. The molecule has 2 rings (SSSR count). The topological polar surface area (TPSA) is 40.5 Å². The summed E-state index contributed by atoms with van der Waals surface area (Å²) in [6, 6.07) is 4.41. The normalized spacial score (nSPS) is 9.12. The van der Waals surface area contributed by atoms with Crippen molar-refractivity contribution in [1.82, 2.24) is 0 Å². The van der Waals surface area contributed by atoms with Crippen LogP contribution in [0.25, 0.3) is 0 Å². The van der Waals surface area contributed by atoms with Crippen molar-refractivity contribution in [3.05, 3.63) is 53.4 Å². The number of halogens is 7. The zero-order chi connectivity index (χ0) is 19.0. The third-order valence-electron chi connectivity index (χ3n) is 2.03. The molecule has 0 aliphatic rings. The highest BCUT2D eigenvalue weighted by Crippen LogP contribution is 2.47. The minimum Gasteiger partial charge on any atom is -0.508 e. The third-order valence-corrected chi connectivity index (χ3v) is 4.73. The Labute approximate surface area is 183 Å². The first-order chi connectivity index (χ1) is 11.1. The molecule has 0 aliphatic carbocycles. The fourth-order valence-corrected chi connectivity index (χ4v) is 2.78. The summed E-state index contributed by atoms with van der Waals surface area (Å²) < 4.78 is 1.92. The van der Waals surface area contributed by atoms with Gasteiger partial charge < -0.3 is 10.2 Å². The van der Waals surface area contributed by atoms with Gasteiger partial charge in [0.25, 0.3) is 0 Å². The van der Waals surface area contributed by atoms with Crippen LogP contribution in [-0.4, -0.2) is 14.5 Å². The van der Waals surface area contributed by atoms with Crippen LogP contribution in [0.5, 0.6) is 11.5 Å². The molecular weight excluding hydrogens is 500 g/mol. The van der Waals surface area contributed by atoms with E-state index in [1.165, 1.54) is 12.1 Å². The molecule has 2 aromatic rings. The average molecular weight is 505 g/mol. The molecule has 0 amide bonds. The van der Waals surface area contributed by atoms with Crippen molar-refractivity contribution in [1.29, 1.82) is 0 Å². The summed E-state index contributed by atoms with van der Waals surface area (Å²) in [7, 11) is 0. The van der Waals surface area contributed by atoms with E-state index in [2.05, 4.69) is 24.4 Å². The summed E-state index contributed by atoms with van der Waals surface area (Å²) in [5.41, 5.74) is 0. The predicted octanol–water partition coefficient (Wildman–Crippen LogP) is 8.38. The summed E-state index contributed by atoms with van der Waals surface area (Å²) in [5, 5.41) is 18.7. The van der Waals surface area contributed by atoms with E-state index >= 15 is 0 Å². The molecule has 130 valence electrons. The molecule has 0 radical (unpaired) electrons. The number of rotatable bonds is 0. The molecule has 0 spiro atoms. The Bertz CT molecular complexity index is 607. The molecule has 0 bridgehead atoms. The van der Waals surface area contributed by atoms with E-state index in [4.69, 9.17) is 86.3 Å². The van der Waals surface area contributed by atoms with Crippen LogP contribution in [0.3, 0.4) is 0 Å². The van der Waals surface area contributed by atoms with Crippen molar-refractivity contribution < 1.29 is 10.2 Å². The minimum atomic E-state index is -0.363. The highest BCUT2D eigenvalue weighted by atomic mass is 35.5. The summed E-state index contributed by atoms with van der Waals surface area (Å²) in [6.45, 7) is 0. The number of phenols is 2. The van der Waals surface area contributed by atoms with E-state index in [1.54, 1.807) is 6.07 Å². The summed E-state index contributed by atoms with van der Waals surface area (Å²) in [5.74, 6) is -0.273. The van der Waals surface area contributed by atoms with Gasteiger partial charge in [-0.1, -0.05) is 81.2 Å². The predicted molar refractivity (Wildman–Crippen MR) is 111 cm³/mol. The van der Waals surface area contributed by atoms with E-state index in [-0.39, 0.29) is 36.6 Å². The fraction of sp³-hybridized carbons (Fsp3) is 0. The van der Waals surface area contributed by atoms with Crippen molar-refractivity contribution in [2.45, 2.75) is 0 Å². The number of hydrogen-bond donors (Lipinski definition) is 2. The van der Waals surface area contributed by atoms with E-state index in [0.29, 0.717) is 10.0 Å². The molecule has 0 saturated heterocycles. The highest BCUT2D eigenvalue weighted by Gasteiger charge is 2.18. The fourth-order valence-electron chi connectivity index (χ4n) is 1.13. The van der Waals surface area contributed by atoms with Crippen LogP contribution in [0.2, 0.25) is 35.2 Å². The van der Waals surface area contributed by atoms with Gasteiger partial charge in [-0.2, -0.15) is 0 Å². The maximum absolute atomic E-state index is 9.20. The second-order valence-corrected chi connectivity index (χ2v) is 7.06. The van der Waals surface area contributed by atoms with E-state index in [1.807, 2.05) is 4.31 Å². The molecule has 0 unspecified atom stereocenters. The van der Waals surface area contributed by atoms with Gasteiger partial charge in [-0.05, 0) is 42.6 Å². The third kappa shape index (κ3) is 7.67. The quantitative estimate of drug-likeness (QED) is 0.214. The van der Waals surface area contributed by atoms with E-state index < -0.39 is 0 Å². The van der Waals surface area contributed by atoms with Crippen LogP contribution >= 0.6 is 106 Å². The lowest BCUT2D eigenvalue weighted by Gasteiger charge is -2.06. The number of thiocarbonyl (C=S) groups is 2. The Morgan fingerprint density at radius 2 is 0.917 bits per heavy atom. The van der Waals surface area contributed by atoms with Crippen LogP contribution in [0.4, 0.5) is 0 Å². The SMILES string of the molecule is Oc1c(Cl)c(Cl)c(Cl)c(Cl)c1Cl.Oc1cc(Cl)cc(Cl)c1.S=C=S. The molecule has 0 aliphatic heterocycles. The smallest absolute Gasteiger partial charge is 0.155 e. The molecule has 0 fully saturated rings. The molecule has 0 saturated carbocycles. The van der Waals surface area contributed by atoms with Gasteiger partial charge >= 0.3 is 0 Å². The highest BCUT2D eigenvalue weighted by molar-refractivity contribution is 7.93. The maximum Gasteiger partial charge on any atom is 0.155 e. The standard InChI is InChI=1S/C6HCl5O.C6H4Cl2O.CS2/c7-1-2(8)4(10)6(12)5(11)3(1)9;7-4-1-5(8)3-6(9)2-4;2-1-3/h12H;1-3,9H;. The second kappa shape index (κ2) is 11.8. The molecule has 0 atom stereocenters. The van der Waals surface area contributed by atoms with Gasteiger partial charge in [-0.25, -0.2) is 0 Å². The molecule has 2 aromatic carbocycles. The van der Waals surface area contributed by atoms with Crippen LogP contribution in [0.15, 0.2) is 18.2 Å². The van der Waals surface area contributed by atoms with E-state index in [9.17, 15) is 5.11 Å². The van der Waals surface area contributed by atoms with Crippen LogP contribution in [0.1, 0.15) is 0 Å². The molecule has 2 nitrogen and oxygen atoms in total. The van der Waals surface area contributed by atoms with Crippen molar-refractivity contribution >= 4 is 110 Å². The Morgan fingerprint density at radius 3 is 1.21 bits per heavy atom. The Morgan fingerprint density at radius 1 is 0.625 bits per heavy atom. The number of phenolic OH excluding ortho intramolecular Hbond substituents is 2. The van der Waals surface area contributed by atoms with Gasteiger partial charge in [0.1, 0.15) is 15.8 Å². The first kappa shape index (κ1) is 24.3. The lowest BCUT2D eigenvalue weighted by Crippen LogP contribution is -1.78. The molecule has 2 N–H and O–H groups in total. The van der Waals surface area contributed by atoms with Gasteiger partial charge in [0.2, 0.25) is 0 Å². The zero-order valence-electron chi connectivity index (χ0n) is 11.1. The first-order valence-corrected chi connectivity index (χ1v) is 8.87. The van der Waals surface area contributed by atoms with E-state index in [0.717, 1.165) is 0 Å². The van der Waals surface area contributed by atoms with Crippen molar-refractivity contribution in [2.75, 3.05) is 0 Å². The minimum absolute atomic E-state index is 0.00904. The summed E-state index contributed by atoms with van der Waals surface area (Å²) in [4.78, 5) is 0. The van der Waals surface area contributed by atoms with Crippen molar-refractivity contribution in [3.63, 3.8) is 0 Å². The second-order valence-electron chi connectivity index (χ2n) is 3.63. The molecular formula is C13H5Cl7O2S2. The number of hydrogen-bond acceptors (Lipinski definition) is 4. The summed E-state index contributed by atoms with van der Waals surface area (Å²) in [6.07, 6.45) is 0. The maximum atomic E-state index is 9.20. The van der Waals surface area contributed by atoms with Gasteiger partial charge in [0, 0.05) is 14.4 Å². The Kier molecular flexibility index (Phi) is 12.0. The molecule has 11 heteroatoms. The molecule has 24 heavy (non-hydrogen) atoms. The largest absolute Gasteiger partial charge is 0.508 e. The van der Waals surface area contributed by atoms with Crippen molar-refractivity contribution in [2.24, 2.45) is 0 Å². The zero-order valence-corrected chi connectivity index (χ0v) is 18.0. The Hall–Kier alpha value is 0.290. The van der Waals surface area contributed by atoms with Crippen LogP contribution in [0, 0.1) is 0 Å². The van der Waals surface area contributed by atoms with Gasteiger partial charge in [0.15, 0.2) is 5.75 Å². The van der Waals surface area contributed by atoms with Crippen LogP contribution < -0.4 is 0 Å². The summed E-state index contributed by atoms with van der Waals surface area (Å²) >= 11 is 46.8.